The quantitative estimate of drug-likeness (QED) is 0.746. The predicted octanol–water partition coefficient (Wildman–Crippen LogP) is 2.59. The van der Waals surface area contributed by atoms with Crippen molar-refractivity contribution in [3.63, 3.8) is 0 Å². The molecule has 24 heavy (non-hydrogen) atoms. The molecule has 0 aliphatic carbocycles. The van der Waals surface area contributed by atoms with Crippen LogP contribution in [0.5, 0.6) is 11.5 Å². The number of rotatable bonds is 6. The summed E-state index contributed by atoms with van der Waals surface area (Å²) in [6.45, 7) is 0.264. The molecule has 0 radical (unpaired) electrons. The van der Waals surface area contributed by atoms with E-state index in [0.717, 1.165) is 11.6 Å². The van der Waals surface area contributed by atoms with Crippen molar-refractivity contribution >= 4 is 17.5 Å². The Morgan fingerprint density at radius 2 is 2.08 bits per heavy atom. The molecule has 0 aliphatic rings. The van der Waals surface area contributed by atoms with Gasteiger partial charge in [0.2, 0.25) is 0 Å². The summed E-state index contributed by atoms with van der Waals surface area (Å²) in [6.07, 6.45) is -1.00. The van der Waals surface area contributed by atoms with E-state index in [-0.39, 0.29) is 22.9 Å². The monoisotopic (exact) mass is 353 g/mol. The molecule has 0 saturated heterocycles. The van der Waals surface area contributed by atoms with Crippen LogP contribution in [-0.2, 0) is 11.2 Å². The van der Waals surface area contributed by atoms with Crippen molar-refractivity contribution < 1.29 is 24.1 Å². The zero-order valence-electron chi connectivity index (χ0n) is 12.9. The van der Waals surface area contributed by atoms with Gasteiger partial charge in [0, 0.05) is 6.54 Å². The standard InChI is InChI=1S/C17H17ClFNO4/c1-24-15-8-10(2-5-14(15)21)6-7-20-17(23)16(22)11-3-4-12(18)13(19)9-11/h2-5,8-9,16,21-22H,6-7H2,1H3,(H,20,23). The third kappa shape index (κ3) is 4.37. The molecule has 0 saturated carbocycles. The van der Waals surface area contributed by atoms with Crippen molar-refractivity contribution in [3.8, 4) is 11.5 Å². The molecular weight excluding hydrogens is 337 g/mol. The fraction of sp³-hybridized carbons (Fsp3) is 0.235. The molecule has 1 unspecified atom stereocenters. The third-order valence-corrected chi connectivity index (χ3v) is 3.77. The Labute approximate surface area is 143 Å². The number of aliphatic hydroxyl groups excluding tert-OH is 1. The van der Waals surface area contributed by atoms with Gasteiger partial charge in [-0.05, 0) is 41.8 Å². The van der Waals surface area contributed by atoms with Crippen LogP contribution in [-0.4, -0.2) is 29.8 Å². The maximum Gasteiger partial charge on any atom is 0.253 e. The normalized spacial score (nSPS) is 11.8. The number of amides is 1. The number of hydrogen-bond donors (Lipinski definition) is 3. The lowest BCUT2D eigenvalue weighted by molar-refractivity contribution is -0.129. The smallest absolute Gasteiger partial charge is 0.253 e. The second-order valence-corrected chi connectivity index (χ2v) is 5.53. The Bertz CT molecular complexity index is 739. The molecule has 0 aliphatic heterocycles. The van der Waals surface area contributed by atoms with Gasteiger partial charge < -0.3 is 20.3 Å². The molecule has 2 aromatic rings. The highest BCUT2D eigenvalue weighted by Crippen LogP contribution is 2.26. The number of halogens is 2. The molecule has 2 aromatic carbocycles. The maximum atomic E-state index is 13.4. The van der Waals surface area contributed by atoms with Crippen LogP contribution >= 0.6 is 11.6 Å². The zero-order valence-corrected chi connectivity index (χ0v) is 13.7. The van der Waals surface area contributed by atoms with E-state index >= 15 is 0 Å². The predicted molar refractivity (Wildman–Crippen MR) is 87.7 cm³/mol. The number of phenolic OH excluding ortho intramolecular Hbond substituents is 1. The highest BCUT2D eigenvalue weighted by molar-refractivity contribution is 6.30. The molecule has 0 bridgehead atoms. The van der Waals surface area contributed by atoms with Crippen molar-refractivity contribution in [2.75, 3.05) is 13.7 Å². The molecule has 0 fully saturated rings. The second kappa shape index (κ2) is 7.99. The Hall–Kier alpha value is -2.31. The number of carbonyl (C=O) groups excluding carboxylic acids is 1. The molecule has 0 heterocycles. The number of aliphatic hydroxyl groups is 1. The molecule has 1 atom stereocenters. The molecule has 5 nitrogen and oxygen atoms in total. The summed E-state index contributed by atoms with van der Waals surface area (Å²) in [7, 11) is 1.45. The van der Waals surface area contributed by atoms with E-state index in [1.165, 1.54) is 25.3 Å². The van der Waals surface area contributed by atoms with Gasteiger partial charge in [-0.3, -0.25) is 4.79 Å². The van der Waals surface area contributed by atoms with Gasteiger partial charge in [-0.15, -0.1) is 0 Å². The van der Waals surface area contributed by atoms with Crippen LogP contribution < -0.4 is 10.1 Å². The number of methoxy groups -OCH3 is 1. The highest BCUT2D eigenvalue weighted by atomic mass is 35.5. The van der Waals surface area contributed by atoms with Crippen molar-refractivity contribution in [3.05, 3.63) is 58.4 Å². The minimum Gasteiger partial charge on any atom is -0.504 e. The van der Waals surface area contributed by atoms with E-state index in [9.17, 15) is 19.4 Å². The van der Waals surface area contributed by atoms with E-state index < -0.39 is 17.8 Å². The maximum absolute atomic E-state index is 13.4. The van der Waals surface area contributed by atoms with E-state index in [4.69, 9.17) is 16.3 Å². The molecule has 3 N–H and O–H groups in total. The summed E-state index contributed by atoms with van der Waals surface area (Å²) >= 11 is 5.57. The van der Waals surface area contributed by atoms with E-state index in [2.05, 4.69) is 5.32 Å². The van der Waals surface area contributed by atoms with E-state index in [1.807, 2.05) is 0 Å². The SMILES string of the molecule is COc1cc(CCNC(=O)C(O)c2ccc(Cl)c(F)c2)ccc1O. The number of benzene rings is 2. The number of ether oxygens (including phenoxy) is 1. The Kier molecular flexibility index (Phi) is 6.00. The molecule has 1 amide bonds. The highest BCUT2D eigenvalue weighted by Gasteiger charge is 2.18. The van der Waals surface area contributed by atoms with Crippen molar-refractivity contribution in [2.45, 2.75) is 12.5 Å². The first-order valence-electron chi connectivity index (χ1n) is 7.19. The van der Waals surface area contributed by atoms with Crippen LogP contribution in [0.3, 0.4) is 0 Å². The van der Waals surface area contributed by atoms with Crippen LogP contribution in [0.25, 0.3) is 0 Å². The van der Waals surface area contributed by atoms with Crippen LogP contribution in [0, 0.1) is 5.82 Å². The Morgan fingerprint density at radius 3 is 2.75 bits per heavy atom. The Morgan fingerprint density at radius 1 is 1.33 bits per heavy atom. The Balaban J connectivity index is 1.91. The fourth-order valence-corrected chi connectivity index (χ4v) is 2.26. The van der Waals surface area contributed by atoms with Gasteiger partial charge in [0.25, 0.3) is 5.91 Å². The van der Waals surface area contributed by atoms with Crippen LogP contribution in [0.2, 0.25) is 5.02 Å². The molecule has 0 spiro atoms. The molecule has 128 valence electrons. The number of phenols is 1. The van der Waals surface area contributed by atoms with E-state index in [0.29, 0.717) is 12.2 Å². The summed E-state index contributed by atoms with van der Waals surface area (Å²) in [6, 6.07) is 8.56. The first-order valence-corrected chi connectivity index (χ1v) is 7.56. The van der Waals surface area contributed by atoms with E-state index in [1.54, 1.807) is 12.1 Å². The molecule has 7 heteroatoms. The lowest BCUT2D eigenvalue weighted by Crippen LogP contribution is -2.31. The van der Waals surface area contributed by atoms with Gasteiger partial charge in [0.05, 0.1) is 12.1 Å². The number of aromatic hydroxyl groups is 1. The summed E-state index contributed by atoms with van der Waals surface area (Å²) < 4.78 is 18.4. The van der Waals surface area contributed by atoms with Crippen molar-refractivity contribution in [1.29, 1.82) is 0 Å². The van der Waals surface area contributed by atoms with Crippen LogP contribution in [0.4, 0.5) is 4.39 Å². The summed E-state index contributed by atoms with van der Waals surface area (Å²) in [5.74, 6) is -0.958. The van der Waals surface area contributed by atoms with Gasteiger partial charge >= 0.3 is 0 Å². The lowest BCUT2D eigenvalue weighted by Gasteiger charge is -2.12. The summed E-state index contributed by atoms with van der Waals surface area (Å²) in [5, 5.41) is 22.0. The van der Waals surface area contributed by atoms with Crippen molar-refractivity contribution in [2.24, 2.45) is 0 Å². The molecular formula is C17H17ClFNO4. The first-order chi connectivity index (χ1) is 11.4. The minimum atomic E-state index is -1.48. The van der Waals surface area contributed by atoms with Crippen LogP contribution in [0.15, 0.2) is 36.4 Å². The minimum absolute atomic E-state index is 0.0328. The summed E-state index contributed by atoms with van der Waals surface area (Å²) in [4.78, 5) is 11.9. The second-order valence-electron chi connectivity index (χ2n) is 5.12. The molecule has 0 aromatic heterocycles. The average molecular weight is 354 g/mol. The lowest BCUT2D eigenvalue weighted by atomic mass is 10.1. The largest absolute Gasteiger partial charge is 0.504 e. The van der Waals surface area contributed by atoms with Gasteiger partial charge in [0.1, 0.15) is 5.82 Å². The fourth-order valence-electron chi connectivity index (χ4n) is 2.14. The third-order valence-electron chi connectivity index (χ3n) is 3.46. The first kappa shape index (κ1) is 18.0. The average Bonchev–Trinajstić information content (AvgIpc) is 2.58. The van der Waals surface area contributed by atoms with Gasteiger partial charge in [-0.25, -0.2) is 4.39 Å². The van der Waals surface area contributed by atoms with Gasteiger partial charge in [-0.1, -0.05) is 23.7 Å². The van der Waals surface area contributed by atoms with Gasteiger partial charge in [-0.2, -0.15) is 0 Å². The zero-order chi connectivity index (χ0) is 17.7. The topological polar surface area (TPSA) is 78.8 Å². The number of nitrogens with one attached hydrogen (secondary N) is 1. The van der Waals surface area contributed by atoms with Gasteiger partial charge in [0.15, 0.2) is 17.6 Å². The molecule has 2 rings (SSSR count). The number of hydrogen-bond acceptors (Lipinski definition) is 4. The number of carbonyl (C=O) groups is 1. The summed E-state index contributed by atoms with van der Waals surface area (Å²) in [5.41, 5.74) is 0.970. The van der Waals surface area contributed by atoms with Crippen molar-refractivity contribution in [1.82, 2.24) is 5.32 Å². The van der Waals surface area contributed by atoms with Crippen LogP contribution in [0.1, 0.15) is 17.2 Å².